The molecule has 2 bridgehead atoms. The maximum atomic E-state index is 14.3. The number of fused-ring (bicyclic) bond motifs is 2. The van der Waals surface area contributed by atoms with Crippen LogP contribution in [0.15, 0.2) is 30.9 Å². The summed E-state index contributed by atoms with van der Waals surface area (Å²) in [6.45, 7) is 2.99. The molecule has 4 rings (SSSR count). The lowest BCUT2D eigenvalue weighted by Crippen LogP contribution is -2.36. The molecular formula is C17H22FN5. The van der Waals surface area contributed by atoms with Gasteiger partial charge in [0.1, 0.15) is 24.2 Å². The lowest BCUT2D eigenvalue weighted by Gasteiger charge is -2.25. The number of hydrogen-bond donors (Lipinski definition) is 0. The molecule has 2 aromatic rings. The summed E-state index contributed by atoms with van der Waals surface area (Å²) >= 11 is 0. The molecule has 0 spiro atoms. The standard InChI is InChI=1S/C17H22FN5/c1-21-14-3-4-15(21)10-22(7-6-14)9-13-2-5-17(16(18)8-13)23-12-19-11-20-23/h2,5,8,11-12,14-15H,3-4,6-7,9-10H2,1H3. The minimum absolute atomic E-state index is 0.249. The van der Waals surface area contributed by atoms with Crippen LogP contribution in [0.4, 0.5) is 4.39 Å². The second-order valence-corrected chi connectivity index (χ2v) is 6.70. The SMILES string of the molecule is CN1C2CCC1CN(Cc1ccc(-n3cncn3)c(F)c1)CC2. The molecule has 5 nitrogen and oxygen atoms in total. The molecule has 0 radical (unpaired) electrons. The van der Waals surface area contributed by atoms with Gasteiger partial charge in [0.25, 0.3) is 0 Å². The van der Waals surface area contributed by atoms with E-state index in [1.54, 1.807) is 12.1 Å². The molecule has 2 aliphatic heterocycles. The Kier molecular flexibility index (Phi) is 3.87. The van der Waals surface area contributed by atoms with Crippen molar-refractivity contribution in [2.45, 2.75) is 37.9 Å². The number of benzene rings is 1. The second kappa shape index (κ2) is 6.02. The minimum Gasteiger partial charge on any atom is -0.299 e. The molecule has 2 aliphatic rings. The van der Waals surface area contributed by atoms with Gasteiger partial charge < -0.3 is 0 Å². The predicted molar refractivity (Wildman–Crippen MR) is 85.8 cm³/mol. The van der Waals surface area contributed by atoms with E-state index in [0.29, 0.717) is 11.7 Å². The van der Waals surface area contributed by atoms with Crippen molar-refractivity contribution in [3.05, 3.63) is 42.2 Å². The summed E-state index contributed by atoms with van der Waals surface area (Å²) in [6.07, 6.45) is 6.76. The third-order valence-corrected chi connectivity index (χ3v) is 5.32. The fourth-order valence-corrected chi connectivity index (χ4v) is 3.95. The summed E-state index contributed by atoms with van der Waals surface area (Å²) in [6, 6.07) is 6.80. The van der Waals surface area contributed by atoms with Crippen LogP contribution in [-0.4, -0.2) is 56.8 Å². The first-order valence-corrected chi connectivity index (χ1v) is 8.28. The number of nitrogens with zero attached hydrogens (tertiary/aromatic N) is 5. The molecule has 6 heteroatoms. The summed E-state index contributed by atoms with van der Waals surface area (Å²) in [5, 5.41) is 3.99. The number of aromatic nitrogens is 3. The Morgan fingerprint density at radius 1 is 1.22 bits per heavy atom. The van der Waals surface area contributed by atoms with Gasteiger partial charge >= 0.3 is 0 Å². The van der Waals surface area contributed by atoms with E-state index >= 15 is 0 Å². The van der Waals surface area contributed by atoms with Crippen molar-refractivity contribution in [1.29, 1.82) is 0 Å². The van der Waals surface area contributed by atoms with Crippen LogP contribution in [0.25, 0.3) is 5.69 Å². The van der Waals surface area contributed by atoms with Gasteiger partial charge in [0.2, 0.25) is 0 Å². The van der Waals surface area contributed by atoms with Crippen molar-refractivity contribution >= 4 is 0 Å². The van der Waals surface area contributed by atoms with Gasteiger partial charge in [0.05, 0.1) is 0 Å². The summed E-state index contributed by atoms with van der Waals surface area (Å²) in [4.78, 5) is 8.87. The van der Waals surface area contributed by atoms with E-state index in [-0.39, 0.29) is 5.82 Å². The van der Waals surface area contributed by atoms with E-state index in [0.717, 1.165) is 31.2 Å². The predicted octanol–water partition coefficient (Wildman–Crippen LogP) is 2.07. The van der Waals surface area contributed by atoms with Crippen LogP contribution in [-0.2, 0) is 6.54 Å². The highest BCUT2D eigenvalue weighted by Gasteiger charge is 2.34. The van der Waals surface area contributed by atoms with Gasteiger partial charge in [-0.05, 0) is 44.0 Å². The van der Waals surface area contributed by atoms with Crippen molar-refractivity contribution in [2.24, 2.45) is 0 Å². The molecular weight excluding hydrogens is 293 g/mol. The quantitative estimate of drug-likeness (QED) is 0.869. The highest BCUT2D eigenvalue weighted by atomic mass is 19.1. The van der Waals surface area contributed by atoms with Crippen molar-refractivity contribution in [3.8, 4) is 5.69 Å². The van der Waals surface area contributed by atoms with Crippen LogP contribution >= 0.6 is 0 Å². The average molecular weight is 315 g/mol. The monoisotopic (exact) mass is 315 g/mol. The zero-order valence-electron chi connectivity index (χ0n) is 13.4. The van der Waals surface area contributed by atoms with Gasteiger partial charge in [0, 0.05) is 31.7 Å². The molecule has 2 saturated heterocycles. The van der Waals surface area contributed by atoms with Crippen LogP contribution in [0.3, 0.4) is 0 Å². The van der Waals surface area contributed by atoms with Crippen LogP contribution in [0.1, 0.15) is 24.8 Å². The third-order valence-electron chi connectivity index (χ3n) is 5.32. The van der Waals surface area contributed by atoms with Gasteiger partial charge in [-0.25, -0.2) is 14.1 Å². The average Bonchev–Trinajstić information content (AvgIpc) is 3.12. The molecule has 2 fully saturated rings. The third kappa shape index (κ3) is 2.88. The molecule has 122 valence electrons. The van der Waals surface area contributed by atoms with Gasteiger partial charge in [-0.3, -0.25) is 9.80 Å². The Morgan fingerprint density at radius 2 is 2.09 bits per heavy atom. The van der Waals surface area contributed by atoms with Gasteiger partial charge in [-0.2, -0.15) is 5.10 Å². The van der Waals surface area contributed by atoms with Crippen molar-refractivity contribution in [3.63, 3.8) is 0 Å². The molecule has 1 aromatic heterocycles. The number of rotatable bonds is 3. The van der Waals surface area contributed by atoms with Gasteiger partial charge in [-0.15, -0.1) is 0 Å². The lowest BCUT2D eigenvalue weighted by molar-refractivity contribution is 0.214. The minimum atomic E-state index is -0.249. The van der Waals surface area contributed by atoms with Crippen LogP contribution < -0.4 is 0 Å². The first-order valence-electron chi connectivity index (χ1n) is 8.28. The summed E-state index contributed by atoms with van der Waals surface area (Å²) in [5.41, 5.74) is 1.47. The number of halogens is 1. The smallest absolute Gasteiger partial charge is 0.149 e. The van der Waals surface area contributed by atoms with Crippen LogP contribution in [0.5, 0.6) is 0 Å². The first kappa shape index (κ1) is 14.8. The number of hydrogen-bond acceptors (Lipinski definition) is 4. The zero-order valence-corrected chi connectivity index (χ0v) is 13.4. The Bertz CT molecular complexity index is 672. The molecule has 0 saturated carbocycles. The van der Waals surface area contributed by atoms with E-state index in [4.69, 9.17) is 0 Å². The molecule has 23 heavy (non-hydrogen) atoms. The molecule has 2 unspecified atom stereocenters. The maximum absolute atomic E-state index is 14.3. The van der Waals surface area contributed by atoms with E-state index in [1.807, 2.05) is 6.07 Å². The molecule has 0 amide bonds. The van der Waals surface area contributed by atoms with Crippen LogP contribution in [0.2, 0.25) is 0 Å². The van der Waals surface area contributed by atoms with Gasteiger partial charge in [0.15, 0.2) is 0 Å². The highest BCUT2D eigenvalue weighted by molar-refractivity contribution is 5.35. The second-order valence-electron chi connectivity index (χ2n) is 6.70. The van der Waals surface area contributed by atoms with E-state index < -0.39 is 0 Å². The largest absolute Gasteiger partial charge is 0.299 e. The lowest BCUT2D eigenvalue weighted by atomic mass is 10.1. The van der Waals surface area contributed by atoms with Gasteiger partial charge in [-0.1, -0.05) is 6.07 Å². The first-order chi connectivity index (χ1) is 11.2. The highest BCUT2D eigenvalue weighted by Crippen LogP contribution is 2.29. The summed E-state index contributed by atoms with van der Waals surface area (Å²) in [5.74, 6) is -0.249. The Balaban J connectivity index is 1.48. The van der Waals surface area contributed by atoms with Crippen molar-refractivity contribution in [1.82, 2.24) is 24.6 Å². The van der Waals surface area contributed by atoms with Crippen LogP contribution in [0, 0.1) is 5.82 Å². The molecule has 0 aliphatic carbocycles. The Hall–Kier alpha value is -1.79. The van der Waals surface area contributed by atoms with E-state index in [1.165, 1.54) is 36.6 Å². The summed E-state index contributed by atoms with van der Waals surface area (Å²) < 4.78 is 15.8. The fourth-order valence-electron chi connectivity index (χ4n) is 3.95. The molecule has 3 heterocycles. The molecule has 2 atom stereocenters. The molecule has 1 aromatic carbocycles. The zero-order chi connectivity index (χ0) is 15.8. The number of likely N-dealkylation sites (tertiary alicyclic amines) is 1. The topological polar surface area (TPSA) is 37.2 Å². The molecule has 0 N–H and O–H groups in total. The van der Waals surface area contributed by atoms with Crippen molar-refractivity contribution < 1.29 is 4.39 Å². The fraction of sp³-hybridized carbons (Fsp3) is 0.529. The van der Waals surface area contributed by atoms with Crippen molar-refractivity contribution in [2.75, 3.05) is 20.1 Å². The maximum Gasteiger partial charge on any atom is 0.149 e. The van der Waals surface area contributed by atoms with E-state index in [2.05, 4.69) is 26.9 Å². The number of likely N-dealkylation sites (N-methyl/N-ethyl adjacent to an activating group) is 1. The Morgan fingerprint density at radius 3 is 2.87 bits per heavy atom. The Labute approximate surface area is 135 Å². The summed E-state index contributed by atoms with van der Waals surface area (Å²) in [7, 11) is 2.25. The van der Waals surface area contributed by atoms with E-state index in [9.17, 15) is 4.39 Å². The normalized spacial score (nSPS) is 25.7.